The Hall–Kier alpha value is -1.33. The van der Waals surface area contributed by atoms with Crippen LogP contribution in [0.25, 0.3) is 0 Å². The first-order valence-electron chi connectivity index (χ1n) is 5.16. The van der Waals surface area contributed by atoms with Gasteiger partial charge in [0.05, 0.1) is 6.20 Å². The minimum Gasteiger partial charge on any atom is -0.399 e. The zero-order valence-corrected chi connectivity index (χ0v) is 13.9. The number of aromatic nitrogens is 2. The van der Waals surface area contributed by atoms with Gasteiger partial charge in [0, 0.05) is 5.69 Å². The summed E-state index contributed by atoms with van der Waals surface area (Å²) >= 11 is 6.02. The van der Waals surface area contributed by atoms with E-state index in [1.807, 2.05) is 4.72 Å². The van der Waals surface area contributed by atoms with E-state index in [-0.39, 0.29) is 16.1 Å². The number of sulfonamides is 1. The minimum atomic E-state index is -4.53. The normalized spacial score (nSPS) is 11.4. The van der Waals surface area contributed by atoms with Crippen molar-refractivity contribution in [2.75, 3.05) is 10.5 Å². The van der Waals surface area contributed by atoms with Gasteiger partial charge in [-0.2, -0.15) is 0 Å². The molecule has 2 aromatic rings. The Balaban J connectivity index is 2.48. The first-order valence-corrected chi connectivity index (χ1v) is 8.23. The van der Waals surface area contributed by atoms with E-state index in [1.165, 1.54) is 6.20 Å². The lowest BCUT2D eigenvalue weighted by Gasteiger charge is -2.10. The highest BCUT2D eigenvalue weighted by molar-refractivity contribution is 9.11. The summed E-state index contributed by atoms with van der Waals surface area (Å²) in [4.78, 5) is 6.45. The van der Waals surface area contributed by atoms with Crippen LogP contribution in [0, 0.1) is 11.6 Å². The fourth-order valence-electron chi connectivity index (χ4n) is 1.43. The van der Waals surface area contributed by atoms with Gasteiger partial charge >= 0.3 is 0 Å². The predicted molar refractivity (Wildman–Crippen MR) is 79.0 cm³/mol. The third kappa shape index (κ3) is 3.47. The summed E-state index contributed by atoms with van der Waals surface area (Å²) in [5, 5.41) is 0. The monoisotopic (exact) mass is 442 g/mol. The van der Waals surface area contributed by atoms with Gasteiger partial charge in [-0.1, -0.05) is 0 Å². The van der Waals surface area contributed by atoms with E-state index in [9.17, 15) is 17.2 Å². The molecule has 11 heteroatoms. The highest BCUT2D eigenvalue weighted by atomic mass is 79.9. The van der Waals surface area contributed by atoms with Crippen LogP contribution in [-0.2, 0) is 10.0 Å². The van der Waals surface area contributed by atoms with Crippen LogP contribution in [0.5, 0.6) is 0 Å². The van der Waals surface area contributed by atoms with E-state index in [0.717, 1.165) is 0 Å². The fraction of sp³-hybridized carbons (Fsp3) is 0. The molecule has 21 heavy (non-hydrogen) atoms. The van der Waals surface area contributed by atoms with Crippen molar-refractivity contribution in [3.05, 3.63) is 39.2 Å². The van der Waals surface area contributed by atoms with Crippen molar-refractivity contribution in [1.82, 2.24) is 9.97 Å². The van der Waals surface area contributed by atoms with Gasteiger partial charge in [-0.15, -0.1) is 0 Å². The van der Waals surface area contributed by atoms with Crippen LogP contribution in [0.15, 0.2) is 32.4 Å². The average molecular weight is 444 g/mol. The Bertz CT molecular complexity index is 794. The molecule has 112 valence electrons. The third-order valence-corrected chi connectivity index (χ3v) is 4.55. The quantitative estimate of drug-likeness (QED) is 0.710. The number of benzene rings is 1. The molecule has 6 nitrogen and oxygen atoms in total. The highest BCUT2D eigenvalue weighted by Crippen LogP contribution is 2.26. The van der Waals surface area contributed by atoms with Crippen LogP contribution in [-0.4, -0.2) is 18.4 Å². The van der Waals surface area contributed by atoms with Crippen LogP contribution >= 0.6 is 31.9 Å². The van der Waals surface area contributed by atoms with Gasteiger partial charge in [-0.25, -0.2) is 27.2 Å². The van der Waals surface area contributed by atoms with Crippen LogP contribution < -0.4 is 10.5 Å². The Labute approximate surface area is 135 Å². The zero-order chi connectivity index (χ0) is 15.8. The van der Waals surface area contributed by atoms with Gasteiger partial charge in [-0.3, -0.25) is 4.72 Å². The molecule has 0 amide bonds. The fourth-order valence-corrected chi connectivity index (χ4v) is 3.61. The summed E-state index contributed by atoms with van der Waals surface area (Å²) in [5.74, 6) is -2.82. The molecule has 1 heterocycles. The first kappa shape index (κ1) is 16.0. The van der Waals surface area contributed by atoms with Gasteiger partial charge < -0.3 is 5.73 Å². The van der Waals surface area contributed by atoms with Gasteiger partial charge in [0.15, 0.2) is 15.3 Å². The summed E-state index contributed by atoms with van der Waals surface area (Å²) in [6, 6.07) is 1.42. The molecule has 0 aliphatic carbocycles. The van der Waals surface area contributed by atoms with Crippen LogP contribution in [0.3, 0.4) is 0 Å². The maximum absolute atomic E-state index is 13.7. The molecule has 0 unspecified atom stereocenters. The van der Waals surface area contributed by atoms with E-state index in [2.05, 4.69) is 41.8 Å². The number of hydrogen-bond donors (Lipinski definition) is 2. The summed E-state index contributed by atoms with van der Waals surface area (Å²) < 4.78 is 53.8. The lowest BCUT2D eigenvalue weighted by atomic mass is 10.3. The maximum atomic E-state index is 13.7. The van der Waals surface area contributed by atoms with Crippen molar-refractivity contribution in [2.24, 2.45) is 0 Å². The predicted octanol–water partition coefficient (Wildman–Crippen LogP) is 2.66. The average Bonchev–Trinajstić information content (AvgIpc) is 2.30. The minimum absolute atomic E-state index is 0.0525. The number of hydrogen-bond acceptors (Lipinski definition) is 5. The molecule has 0 aliphatic rings. The van der Waals surface area contributed by atoms with Gasteiger partial charge in [0.2, 0.25) is 0 Å². The number of nitrogens with zero attached hydrogens (tertiary/aromatic N) is 2. The Morgan fingerprint density at radius 3 is 2.29 bits per heavy atom. The van der Waals surface area contributed by atoms with Crippen molar-refractivity contribution in [3.63, 3.8) is 0 Å². The van der Waals surface area contributed by atoms with Gasteiger partial charge in [0.1, 0.15) is 16.2 Å². The number of nitrogens with one attached hydrogen (secondary N) is 1. The van der Waals surface area contributed by atoms with E-state index >= 15 is 0 Å². The lowest BCUT2D eigenvalue weighted by Crippen LogP contribution is -2.18. The summed E-state index contributed by atoms with van der Waals surface area (Å²) in [5.41, 5.74) is 5.01. The third-order valence-electron chi connectivity index (χ3n) is 2.22. The van der Waals surface area contributed by atoms with Crippen molar-refractivity contribution in [1.29, 1.82) is 0 Å². The SMILES string of the molecule is Nc1cc(F)c(S(=O)(=O)Nc2ncc(Br)nc2Br)c(F)c1. The van der Waals surface area contributed by atoms with E-state index < -0.39 is 26.6 Å². The Morgan fingerprint density at radius 2 is 1.76 bits per heavy atom. The summed E-state index contributed by atoms with van der Waals surface area (Å²) in [6.07, 6.45) is 1.22. The number of anilines is 2. The van der Waals surface area contributed by atoms with E-state index in [1.54, 1.807) is 0 Å². The largest absolute Gasteiger partial charge is 0.399 e. The second kappa shape index (κ2) is 5.81. The van der Waals surface area contributed by atoms with Crippen LogP contribution in [0.2, 0.25) is 0 Å². The molecular weight excluding hydrogens is 438 g/mol. The molecular formula is C10H6Br2F2N4O2S. The van der Waals surface area contributed by atoms with Crippen molar-refractivity contribution in [2.45, 2.75) is 4.90 Å². The number of nitrogens with two attached hydrogens (primary N) is 1. The molecule has 1 aromatic heterocycles. The molecule has 0 radical (unpaired) electrons. The van der Waals surface area contributed by atoms with Crippen molar-refractivity contribution >= 4 is 53.4 Å². The molecule has 0 aliphatic heterocycles. The van der Waals surface area contributed by atoms with Crippen LogP contribution in [0.1, 0.15) is 0 Å². The molecule has 0 saturated carbocycles. The Kier molecular flexibility index (Phi) is 4.44. The highest BCUT2D eigenvalue weighted by Gasteiger charge is 2.26. The molecule has 1 aromatic carbocycles. The standard InChI is InChI=1S/C10H6Br2F2N4O2S/c11-7-3-16-10(9(12)17-7)18-21(19,20)8-5(13)1-4(15)2-6(8)14/h1-3H,15H2,(H,16,18). The molecule has 0 fully saturated rings. The molecule has 0 bridgehead atoms. The van der Waals surface area contributed by atoms with Crippen molar-refractivity contribution < 1.29 is 17.2 Å². The summed E-state index contributed by atoms with van der Waals surface area (Å²) in [7, 11) is -4.53. The number of halogens is 4. The molecule has 2 rings (SSSR count). The maximum Gasteiger partial charge on any atom is 0.268 e. The molecule has 0 spiro atoms. The number of rotatable bonds is 3. The van der Waals surface area contributed by atoms with Crippen LogP contribution in [0.4, 0.5) is 20.3 Å². The van der Waals surface area contributed by atoms with Gasteiger partial charge in [0.25, 0.3) is 10.0 Å². The topological polar surface area (TPSA) is 98.0 Å². The Morgan fingerprint density at radius 1 is 1.19 bits per heavy atom. The smallest absolute Gasteiger partial charge is 0.268 e. The molecule has 3 N–H and O–H groups in total. The summed E-state index contributed by atoms with van der Waals surface area (Å²) in [6.45, 7) is 0. The second-order valence-electron chi connectivity index (χ2n) is 3.75. The van der Waals surface area contributed by atoms with E-state index in [4.69, 9.17) is 5.73 Å². The number of nitrogen functional groups attached to an aromatic ring is 1. The second-order valence-corrected chi connectivity index (χ2v) is 6.93. The molecule has 0 saturated heterocycles. The van der Waals surface area contributed by atoms with E-state index in [0.29, 0.717) is 16.7 Å². The van der Waals surface area contributed by atoms with Gasteiger partial charge in [-0.05, 0) is 44.0 Å². The lowest BCUT2D eigenvalue weighted by molar-refractivity contribution is 0.522. The first-order chi connectivity index (χ1) is 9.70. The van der Waals surface area contributed by atoms with Crippen molar-refractivity contribution in [3.8, 4) is 0 Å². The zero-order valence-electron chi connectivity index (χ0n) is 9.94. The molecule has 0 atom stereocenters.